The Labute approximate surface area is 127 Å². The van der Waals surface area contributed by atoms with Crippen LogP contribution >= 0.6 is 0 Å². The molecule has 5 rings (SSSR count). The van der Waals surface area contributed by atoms with Gasteiger partial charge in [-0.1, -0.05) is 44.2 Å². The van der Waals surface area contributed by atoms with Crippen molar-refractivity contribution in [2.45, 2.75) is 57.9 Å². The van der Waals surface area contributed by atoms with Gasteiger partial charge in [-0.3, -0.25) is 4.99 Å². The molecule has 0 heterocycles. The van der Waals surface area contributed by atoms with Crippen molar-refractivity contribution >= 4 is 5.84 Å². The number of hydrogen-bond acceptors (Lipinski definition) is 1. The summed E-state index contributed by atoms with van der Waals surface area (Å²) in [5, 5.41) is 0. The van der Waals surface area contributed by atoms with Crippen LogP contribution in [0.25, 0.3) is 0 Å². The lowest BCUT2D eigenvalue weighted by molar-refractivity contribution is -0.104. The van der Waals surface area contributed by atoms with Gasteiger partial charge in [0.25, 0.3) is 0 Å². The van der Waals surface area contributed by atoms with Crippen molar-refractivity contribution < 1.29 is 0 Å². The minimum Gasteiger partial charge on any atom is -0.383 e. The summed E-state index contributed by atoms with van der Waals surface area (Å²) in [4.78, 5) is 5.12. The highest BCUT2D eigenvalue weighted by Crippen LogP contribution is 2.67. The molecule has 2 N–H and O–H groups in total. The summed E-state index contributed by atoms with van der Waals surface area (Å²) in [6, 6.07) is 10.3. The van der Waals surface area contributed by atoms with Crippen molar-refractivity contribution in [3.8, 4) is 0 Å². The predicted molar refractivity (Wildman–Crippen MR) is 87.3 cm³/mol. The second kappa shape index (κ2) is 4.12. The number of rotatable bonds is 2. The van der Waals surface area contributed by atoms with Gasteiger partial charge in [0.05, 0.1) is 5.54 Å². The first-order valence-corrected chi connectivity index (χ1v) is 8.30. The van der Waals surface area contributed by atoms with Gasteiger partial charge in [-0.2, -0.15) is 0 Å². The van der Waals surface area contributed by atoms with Gasteiger partial charge in [-0.15, -0.1) is 0 Å². The highest BCUT2D eigenvalue weighted by Gasteiger charge is 2.60. The van der Waals surface area contributed by atoms with Gasteiger partial charge in [0, 0.05) is 5.56 Å². The first kappa shape index (κ1) is 13.4. The first-order chi connectivity index (χ1) is 9.90. The Bertz CT molecular complexity index is 571. The van der Waals surface area contributed by atoms with Crippen LogP contribution in [0.1, 0.15) is 57.9 Å². The van der Waals surface area contributed by atoms with E-state index in [-0.39, 0.29) is 5.54 Å². The van der Waals surface area contributed by atoms with Gasteiger partial charge < -0.3 is 5.73 Å². The fourth-order valence-corrected chi connectivity index (χ4v) is 6.44. The summed E-state index contributed by atoms with van der Waals surface area (Å²) in [6.45, 7) is 4.97. The SMILES string of the molecule is CC12CC3CC(C)(C1)CC(N=C(N)c1ccccc1)(C3)C2. The molecule has 4 fully saturated rings. The molecule has 0 saturated heterocycles. The maximum atomic E-state index is 6.35. The number of amidine groups is 1. The number of nitrogens with two attached hydrogens (primary N) is 1. The molecule has 4 aliphatic rings. The van der Waals surface area contributed by atoms with Crippen LogP contribution in [-0.4, -0.2) is 11.4 Å². The lowest BCUT2D eigenvalue weighted by atomic mass is 9.43. The zero-order valence-electron chi connectivity index (χ0n) is 13.2. The van der Waals surface area contributed by atoms with Gasteiger partial charge in [0.2, 0.25) is 0 Å². The van der Waals surface area contributed by atoms with Crippen molar-refractivity contribution in [3.05, 3.63) is 35.9 Å². The summed E-state index contributed by atoms with van der Waals surface area (Å²) in [7, 11) is 0. The van der Waals surface area contributed by atoms with E-state index in [0.717, 1.165) is 17.3 Å². The molecule has 0 spiro atoms. The van der Waals surface area contributed by atoms with Crippen LogP contribution in [0.15, 0.2) is 35.3 Å². The molecule has 2 unspecified atom stereocenters. The fourth-order valence-electron chi connectivity index (χ4n) is 6.44. The minimum absolute atomic E-state index is 0.114. The molecule has 0 amide bonds. The molecule has 1 aromatic rings. The average Bonchev–Trinajstić information content (AvgIpc) is 2.34. The van der Waals surface area contributed by atoms with Crippen LogP contribution < -0.4 is 5.73 Å². The van der Waals surface area contributed by atoms with E-state index in [1.807, 2.05) is 18.2 Å². The van der Waals surface area contributed by atoms with Gasteiger partial charge >= 0.3 is 0 Å². The number of aliphatic imine (C=N–C) groups is 1. The van der Waals surface area contributed by atoms with Crippen molar-refractivity contribution in [2.24, 2.45) is 27.5 Å². The molecule has 0 aromatic heterocycles. The Balaban J connectivity index is 1.71. The normalized spacial score (nSPS) is 45.0. The molecule has 21 heavy (non-hydrogen) atoms. The molecular formula is C19H26N2. The van der Waals surface area contributed by atoms with E-state index in [1.165, 1.54) is 38.5 Å². The van der Waals surface area contributed by atoms with Crippen LogP contribution in [0.5, 0.6) is 0 Å². The maximum Gasteiger partial charge on any atom is 0.126 e. The monoisotopic (exact) mass is 282 g/mol. The van der Waals surface area contributed by atoms with Crippen LogP contribution in [0.2, 0.25) is 0 Å². The Kier molecular flexibility index (Phi) is 2.62. The van der Waals surface area contributed by atoms with E-state index >= 15 is 0 Å². The summed E-state index contributed by atoms with van der Waals surface area (Å²) in [6.07, 6.45) is 7.93. The van der Waals surface area contributed by atoms with Gasteiger partial charge in [-0.05, 0) is 55.3 Å². The number of hydrogen-bond donors (Lipinski definition) is 1. The van der Waals surface area contributed by atoms with E-state index < -0.39 is 0 Å². The quantitative estimate of drug-likeness (QED) is 0.642. The molecule has 4 bridgehead atoms. The van der Waals surface area contributed by atoms with Crippen LogP contribution in [-0.2, 0) is 0 Å². The van der Waals surface area contributed by atoms with Gasteiger partial charge in [0.15, 0.2) is 0 Å². The summed E-state index contributed by atoms with van der Waals surface area (Å²) >= 11 is 0. The Morgan fingerprint density at radius 3 is 2.19 bits per heavy atom. The van der Waals surface area contributed by atoms with Gasteiger partial charge in [-0.25, -0.2) is 0 Å². The fraction of sp³-hybridized carbons (Fsp3) is 0.632. The third-order valence-electron chi connectivity index (χ3n) is 6.02. The number of benzene rings is 1. The molecule has 0 aliphatic heterocycles. The molecule has 2 heteroatoms. The van der Waals surface area contributed by atoms with E-state index in [4.69, 9.17) is 10.7 Å². The molecule has 2 atom stereocenters. The molecule has 1 aromatic carbocycles. The van der Waals surface area contributed by atoms with Crippen LogP contribution in [0.4, 0.5) is 0 Å². The molecule has 2 nitrogen and oxygen atoms in total. The Hall–Kier alpha value is -1.31. The van der Waals surface area contributed by atoms with E-state index in [2.05, 4.69) is 26.0 Å². The van der Waals surface area contributed by atoms with Gasteiger partial charge in [0.1, 0.15) is 5.84 Å². The first-order valence-electron chi connectivity index (χ1n) is 8.30. The predicted octanol–water partition coefficient (Wildman–Crippen LogP) is 4.14. The van der Waals surface area contributed by atoms with E-state index in [0.29, 0.717) is 10.8 Å². The molecule has 4 aliphatic carbocycles. The Morgan fingerprint density at radius 1 is 1.00 bits per heavy atom. The molecular weight excluding hydrogens is 256 g/mol. The van der Waals surface area contributed by atoms with E-state index in [1.54, 1.807) is 0 Å². The standard InChI is InChI=1S/C19H26N2/c1-17-8-14-9-18(2,11-17)13-19(10-14,12-17)21-16(20)15-6-4-3-5-7-15/h3-7,14H,8-13H2,1-2H3,(H2,20,21). The van der Waals surface area contributed by atoms with Crippen molar-refractivity contribution in [1.29, 1.82) is 0 Å². The zero-order valence-corrected chi connectivity index (χ0v) is 13.2. The van der Waals surface area contributed by atoms with Crippen molar-refractivity contribution in [1.82, 2.24) is 0 Å². The topological polar surface area (TPSA) is 38.4 Å². The third-order valence-corrected chi connectivity index (χ3v) is 6.02. The zero-order chi connectivity index (χ0) is 14.7. The minimum atomic E-state index is 0.114. The summed E-state index contributed by atoms with van der Waals surface area (Å²) < 4.78 is 0. The molecule has 4 saturated carbocycles. The lowest BCUT2D eigenvalue weighted by Gasteiger charge is -2.64. The van der Waals surface area contributed by atoms with Crippen LogP contribution in [0.3, 0.4) is 0 Å². The number of nitrogens with zero attached hydrogens (tertiary/aromatic N) is 1. The molecule has 0 radical (unpaired) electrons. The second-order valence-electron chi connectivity index (χ2n) is 8.72. The Morgan fingerprint density at radius 2 is 1.62 bits per heavy atom. The highest BCUT2D eigenvalue weighted by atomic mass is 15.0. The highest BCUT2D eigenvalue weighted by molar-refractivity contribution is 5.97. The summed E-state index contributed by atoms with van der Waals surface area (Å²) in [5.74, 6) is 1.60. The lowest BCUT2D eigenvalue weighted by Crippen LogP contribution is -2.58. The second-order valence-corrected chi connectivity index (χ2v) is 8.72. The largest absolute Gasteiger partial charge is 0.383 e. The van der Waals surface area contributed by atoms with E-state index in [9.17, 15) is 0 Å². The molecule has 112 valence electrons. The third kappa shape index (κ3) is 2.20. The van der Waals surface area contributed by atoms with Crippen molar-refractivity contribution in [2.75, 3.05) is 0 Å². The van der Waals surface area contributed by atoms with Crippen LogP contribution in [0, 0.1) is 16.7 Å². The summed E-state index contributed by atoms with van der Waals surface area (Å²) in [5.41, 5.74) is 8.53. The smallest absolute Gasteiger partial charge is 0.126 e. The average molecular weight is 282 g/mol. The maximum absolute atomic E-state index is 6.35. The van der Waals surface area contributed by atoms with Crippen molar-refractivity contribution in [3.63, 3.8) is 0 Å².